The van der Waals surface area contributed by atoms with Crippen LogP contribution < -0.4 is 4.90 Å². The van der Waals surface area contributed by atoms with Gasteiger partial charge in [-0.3, -0.25) is 19.5 Å². The molecular formula is C25H17ClN2O4. The number of aryl methyl sites for hydroxylation is 1. The van der Waals surface area contributed by atoms with E-state index in [1.165, 1.54) is 4.90 Å². The number of anilines is 1. The molecule has 1 atom stereocenters. The van der Waals surface area contributed by atoms with Crippen LogP contribution >= 0.6 is 11.6 Å². The highest BCUT2D eigenvalue weighted by Gasteiger charge is 2.46. The molecule has 0 aliphatic carbocycles. The number of hydrogen-bond donors (Lipinski definition) is 1. The van der Waals surface area contributed by atoms with Gasteiger partial charge in [0.2, 0.25) is 5.78 Å². The fourth-order valence-electron chi connectivity index (χ4n) is 3.89. The molecule has 1 aliphatic rings. The molecular weight excluding hydrogens is 428 g/mol. The zero-order chi connectivity index (χ0) is 22.4. The summed E-state index contributed by atoms with van der Waals surface area (Å²) < 4.78 is 5.72. The molecule has 7 heteroatoms. The van der Waals surface area contributed by atoms with Gasteiger partial charge in [0.15, 0.2) is 11.5 Å². The van der Waals surface area contributed by atoms with Crippen LogP contribution in [0.3, 0.4) is 0 Å². The van der Waals surface area contributed by atoms with Gasteiger partial charge in [-0.1, -0.05) is 35.4 Å². The summed E-state index contributed by atoms with van der Waals surface area (Å²) in [6, 6.07) is 18.1. The molecule has 1 amide bonds. The normalized spacial score (nSPS) is 16.2. The van der Waals surface area contributed by atoms with Crippen molar-refractivity contribution < 1.29 is 19.1 Å². The molecule has 0 radical (unpaired) electrons. The fourth-order valence-corrected chi connectivity index (χ4v) is 4.07. The van der Waals surface area contributed by atoms with Crippen LogP contribution in [0.1, 0.15) is 27.9 Å². The Labute approximate surface area is 188 Å². The number of aliphatic hydroxyl groups excluding tert-OH is 1. The molecule has 158 valence electrons. The van der Waals surface area contributed by atoms with Crippen LogP contribution in [0.25, 0.3) is 11.0 Å². The van der Waals surface area contributed by atoms with Crippen molar-refractivity contribution >= 4 is 39.9 Å². The van der Waals surface area contributed by atoms with Crippen LogP contribution in [-0.2, 0) is 4.79 Å². The molecule has 1 unspecified atom stereocenters. The van der Waals surface area contributed by atoms with E-state index in [0.29, 0.717) is 27.4 Å². The number of halogens is 1. The summed E-state index contributed by atoms with van der Waals surface area (Å²) in [5, 5.41) is 12.0. The largest absolute Gasteiger partial charge is 0.503 e. The highest BCUT2D eigenvalue weighted by atomic mass is 35.5. The maximum atomic E-state index is 13.5. The summed E-state index contributed by atoms with van der Waals surface area (Å²) in [5.41, 5.74) is 2.41. The van der Waals surface area contributed by atoms with Gasteiger partial charge in [0.05, 0.1) is 11.3 Å². The second kappa shape index (κ2) is 7.66. The molecule has 3 heterocycles. The summed E-state index contributed by atoms with van der Waals surface area (Å²) in [6.07, 6.45) is 1.58. The summed E-state index contributed by atoms with van der Waals surface area (Å²) in [5.74, 6) is -1.88. The Bertz CT molecular complexity index is 1390. The molecule has 2 aromatic carbocycles. The first-order chi connectivity index (χ1) is 15.4. The third-order valence-electron chi connectivity index (χ3n) is 5.43. The summed E-state index contributed by atoms with van der Waals surface area (Å²) in [4.78, 5) is 32.4. The van der Waals surface area contributed by atoms with Gasteiger partial charge in [0.1, 0.15) is 11.6 Å². The quantitative estimate of drug-likeness (QED) is 0.416. The minimum absolute atomic E-state index is 0.00306. The lowest BCUT2D eigenvalue weighted by Crippen LogP contribution is -2.31. The maximum Gasteiger partial charge on any atom is 0.294 e. The summed E-state index contributed by atoms with van der Waals surface area (Å²) in [6.45, 7) is 1.93. The Morgan fingerprint density at radius 2 is 1.88 bits per heavy atom. The van der Waals surface area contributed by atoms with E-state index in [4.69, 9.17) is 16.0 Å². The lowest BCUT2D eigenvalue weighted by molar-refractivity contribution is -0.117. The zero-order valence-corrected chi connectivity index (χ0v) is 17.7. The van der Waals surface area contributed by atoms with Gasteiger partial charge in [-0.25, -0.2) is 0 Å². The number of carbonyl (C=O) groups excluding carboxylic acids is 2. The number of Topliss-reactive ketones (excluding diaryl/α,β-unsaturated/α-hetero) is 1. The fraction of sp³-hybridized carbons (Fsp3) is 0.0800. The third-order valence-corrected chi connectivity index (χ3v) is 5.67. The van der Waals surface area contributed by atoms with E-state index >= 15 is 0 Å². The molecule has 0 spiro atoms. The van der Waals surface area contributed by atoms with Crippen LogP contribution in [0.5, 0.6) is 0 Å². The third kappa shape index (κ3) is 3.25. The molecule has 2 aromatic heterocycles. The summed E-state index contributed by atoms with van der Waals surface area (Å²) >= 11 is 6.04. The number of carbonyl (C=O) groups is 2. The second-order valence-electron chi connectivity index (χ2n) is 7.55. The number of hydrogen-bond acceptors (Lipinski definition) is 5. The summed E-state index contributed by atoms with van der Waals surface area (Å²) in [7, 11) is 0. The molecule has 5 rings (SSSR count). The number of nitrogens with zero attached hydrogens (tertiary/aromatic N) is 2. The molecule has 32 heavy (non-hydrogen) atoms. The lowest BCUT2D eigenvalue weighted by atomic mass is 9.98. The van der Waals surface area contributed by atoms with Crippen molar-refractivity contribution in [2.45, 2.75) is 13.0 Å². The predicted octanol–water partition coefficient (Wildman–Crippen LogP) is 5.57. The number of fused-ring (bicyclic) bond motifs is 1. The van der Waals surface area contributed by atoms with Crippen molar-refractivity contribution in [3.63, 3.8) is 0 Å². The molecule has 1 aliphatic heterocycles. The first kappa shape index (κ1) is 20.0. The number of amides is 1. The van der Waals surface area contributed by atoms with Crippen LogP contribution in [0, 0.1) is 6.92 Å². The first-order valence-corrected chi connectivity index (χ1v) is 10.3. The van der Waals surface area contributed by atoms with Gasteiger partial charge in [0, 0.05) is 22.3 Å². The molecule has 0 saturated carbocycles. The monoisotopic (exact) mass is 444 g/mol. The van der Waals surface area contributed by atoms with E-state index in [1.807, 2.05) is 19.1 Å². The molecule has 0 fully saturated rings. The number of furan rings is 1. The average Bonchev–Trinajstić information content (AvgIpc) is 3.33. The van der Waals surface area contributed by atoms with E-state index in [-0.39, 0.29) is 11.3 Å². The SMILES string of the molecule is Cc1ccc(N2C(=O)C(O)=C(C(=O)c3cc4cc(Cl)ccc4o3)C2c2ccccn2)cc1. The molecule has 0 saturated heterocycles. The molecule has 0 bridgehead atoms. The number of pyridine rings is 1. The topological polar surface area (TPSA) is 83.6 Å². The van der Waals surface area contributed by atoms with E-state index < -0.39 is 23.5 Å². The minimum atomic E-state index is -0.907. The number of rotatable bonds is 4. The zero-order valence-electron chi connectivity index (χ0n) is 16.9. The lowest BCUT2D eigenvalue weighted by Gasteiger charge is -2.26. The Kier molecular flexibility index (Phi) is 4.79. The standard InChI is InChI=1S/C25H17ClN2O4/c1-14-5-8-17(9-6-14)28-22(18-4-2-3-11-27-18)21(24(30)25(28)31)23(29)20-13-15-12-16(26)7-10-19(15)32-20/h2-13,22,30H,1H3. The minimum Gasteiger partial charge on any atom is -0.503 e. The van der Waals surface area contributed by atoms with Crippen LogP contribution in [0.2, 0.25) is 5.02 Å². The van der Waals surface area contributed by atoms with Gasteiger partial charge in [-0.15, -0.1) is 0 Å². The van der Waals surface area contributed by atoms with Gasteiger partial charge in [-0.05, 0) is 55.5 Å². The van der Waals surface area contributed by atoms with Crippen molar-refractivity contribution in [3.8, 4) is 0 Å². The number of aromatic nitrogens is 1. The van der Waals surface area contributed by atoms with Crippen molar-refractivity contribution in [1.82, 2.24) is 4.98 Å². The predicted molar refractivity (Wildman–Crippen MR) is 121 cm³/mol. The maximum absolute atomic E-state index is 13.5. The highest BCUT2D eigenvalue weighted by molar-refractivity contribution is 6.31. The number of aliphatic hydroxyl groups is 1. The van der Waals surface area contributed by atoms with Crippen molar-refractivity contribution in [1.29, 1.82) is 0 Å². The first-order valence-electron chi connectivity index (χ1n) is 9.92. The Balaban J connectivity index is 1.65. The molecule has 6 nitrogen and oxygen atoms in total. The van der Waals surface area contributed by atoms with Crippen LogP contribution in [0.4, 0.5) is 5.69 Å². The van der Waals surface area contributed by atoms with Crippen LogP contribution in [0.15, 0.2) is 88.7 Å². The van der Waals surface area contributed by atoms with Gasteiger partial charge >= 0.3 is 0 Å². The van der Waals surface area contributed by atoms with Gasteiger partial charge < -0.3 is 9.52 Å². The van der Waals surface area contributed by atoms with Gasteiger partial charge in [0.25, 0.3) is 5.91 Å². The van der Waals surface area contributed by atoms with E-state index in [1.54, 1.807) is 60.8 Å². The van der Waals surface area contributed by atoms with Crippen molar-refractivity contribution in [2.24, 2.45) is 0 Å². The average molecular weight is 445 g/mol. The molecule has 4 aromatic rings. The molecule has 1 N–H and O–H groups in total. The Morgan fingerprint density at radius 1 is 1.09 bits per heavy atom. The van der Waals surface area contributed by atoms with E-state index in [2.05, 4.69) is 4.98 Å². The smallest absolute Gasteiger partial charge is 0.294 e. The number of ketones is 1. The van der Waals surface area contributed by atoms with Crippen molar-refractivity contribution in [3.05, 3.63) is 106 Å². The van der Waals surface area contributed by atoms with E-state index in [0.717, 1.165) is 5.56 Å². The van der Waals surface area contributed by atoms with Crippen molar-refractivity contribution in [2.75, 3.05) is 4.90 Å². The van der Waals surface area contributed by atoms with Crippen LogP contribution in [-0.4, -0.2) is 21.8 Å². The highest BCUT2D eigenvalue weighted by Crippen LogP contribution is 2.41. The second-order valence-corrected chi connectivity index (χ2v) is 7.99. The Morgan fingerprint density at radius 3 is 2.59 bits per heavy atom. The van der Waals surface area contributed by atoms with E-state index in [9.17, 15) is 14.7 Å². The van der Waals surface area contributed by atoms with Gasteiger partial charge in [-0.2, -0.15) is 0 Å². The number of benzene rings is 2. The Hall–Kier alpha value is -3.90.